The molecule has 0 saturated carbocycles. The zero-order chi connectivity index (χ0) is 12.1. The molecule has 0 aliphatic carbocycles. The minimum atomic E-state index is -0.410. The van der Waals surface area contributed by atoms with Gasteiger partial charge in [0.15, 0.2) is 0 Å². The number of hydrogen-bond donors (Lipinski definition) is 2. The zero-order valence-corrected chi connectivity index (χ0v) is 9.43. The van der Waals surface area contributed by atoms with Gasteiger partial charge in [-0.3, -0.25) is 10.1 Å². The van der Waals surface area contributed by atoms with Gasteiger partial charge in [0, 0.05) is 24.4 Å². The molecule has 1 aromatic carbocycles. The standard InChI is InChI=1S/C11H16N2O3/c1-8-7-10(13(15)16)3-4-11(8)12-6-5-9(2)14/h3-4,7,9,12,14H,5-6H2,1-2H3. The van der Waals surface area contributed by atoms with Crippen LogP contribution in [0.3, 0.4) is 0 Å². The molecule has 0 aromatic heterocycles. The first-order chi connectivity index (χ1) is 7.50. The van der Waals surface area contributed by atoms with E-state index in [0.717, 1.165) is 11.3 Å². The smallest absolute Gasteiger partial charge is 0.269 e. The van der Waals surface area contributed by atoms with E-state index >= 15 is 0 Å². The Morgan fingerprint density at radius 3 is 2.75 bits per heavy atom. The van der Waals surface area contributed by atoms with Crippen molar-refractivity contribution in [3.63, 3.8) is 0 Å². The van der Waals surface area contributed by atoms with Crippen LogP contribution in [-0.2, 0) is 0 Å². The lowest BCUT2D eigenvalue weighted by molar-refractivity contribution is -0.384. The highest BCUT2D eigenvalue weighted by molar-refractivity contribution is 5.55. The van der Waals surface area contributed by atoms with Crippen LogP contribution < -0.4 is 5.32 Å². The summed E-state index contributed by atoms with van der Waals surface area (Å²) in [7, 11) is 0. The summed E-state index contributed by atoms with van der Waals surface area (Å²) in [5.41, 5.74) is 1.80. The van der Waals surface area contributed by atoms with E-state index in [-0.39, 0.29) is 11.8 Å². The van der Waals surface area contributed by atoms with Crippen molar-refractivity contribution in [3.05, 3.63) is 33.9 Å². The number of nitro benzene ring substituents is 1. The van der Waals surface area contributed by atoms with E-state index in [9.17, 15) is 10.1 Å². The van der Waals surface area contributed by atoms with Gasteiger partial charge in [-0.05, 0) is 31.9 Å². The summed E-state index contributed by atoms with van der Waals surface area (Å²) in [4.78, 5) is 10.1. The number of aliphatic hydroxyl groups excluding tert-OH is 1. The average Bonchev–Trinajstić information content (AvgIpc) is 2.19. The minimum absolute atomic E-state index is 0.0959. The molecule has 0 amide bonds. The third-order valence-electron chi connectivity index (χ3n) is 2.30. The summed E-state index contributed by atoms with van der Waals surface area (Å²) >= 11 is 0. The van der Waals surface area contributed by atoms with Crippen LogP contribution in [0.5, 0.6) is 0 Å². The van der Waals surface area contributed by atoms with Crippen molar-refractivity contribution < 1.29 is 10.0 Å². The molecule has 1 atom stereocenters. The predicted molar refractivity (Wildman–Crippen MR) is 62.6 cm³/mol. The molecule has 0 heterocycles. The largest absolute Gasteiger partial charge is 0.393 e. The van der Waals surface area contributed by atoms with Gasteiger partial charge < -0.3 is 10.4 Å². The van der Waals surface area contributed by atoms with Gasteiger partial charge in [-0.15, -0.1) is 0 Å². The molecular weight excluding hydrogens is 208 g/mol. The summed E-state index contributed by atoms with van der Waals surface area (Å²) in [5.74, 6) is 0. The molecule has 0 aliphatic rings. The van der Waals surface area contributed by atoms with Gasteiger partial charge in [-0.1, -0.05) is 0 Å². The van der Waals surface area contributed by atoms with Crippen LogP contribution in [0.25, 0.3) is 0 Å². The first kappa shape index (κ1) is 12.4. The number of anilines is 1. The van der Waals surface area contributed by atoms with Crippen molar-refractivity contribution in [1.29, 1.82) is 0 Å². The number of non-ortho nitro benzene ring substituents is 1. The highest BCUT2D eigenvalue weighted by Crippen LogP contribution is 2.20. The Bertz CT molecular complexity index is 377. The van der Waals surface area contributed by atoms with E-state index in [1.165, 1.54) is 12.1 Å². The molecule has 0 spiro atoms. The van der Waals surface area contributed by atoms with Crippen LogP contribution in [0.15, 0.2) is 18.2 Å². The number of nitrogens with one attached hydrogen (secondary N) is 1. The highest BCUT2D eigenvalue weighted by Gasteiger charge is 2.07. The molecule has 0 saturated heterocycles. The molecule has 2 N–H and O–H groups in total. The van der Waals surface area contributed by atoms with Gasteiger partial charge >= 0.3 is 0 Å². The Morgan fingerprint density at radius 2 is 2.25 bits per heavy atom. The SMILES string of the molecule is Cc1cc([N+](=O)[O-])ccc1NCCC(C)O. The van der Waals surface area contributed by atoms with Gasteiger partial charge in [0.1, 0.15) is 0 Å². The lowest BCUT2D eigenvalue weighted by Gasteiger charge is -2.10. The van der Waals surface area contributed by atoms with Gasteiger partial charge in [-0.25, -0.2) is 0 Å². The number of rotatable bonds is 5. The Morgan fingerprint density at radius 1 is 1.56 bits per heavy atom. The fourth-order valence-electron chi connectivity index (χ4n) is 1.38. The topological polar surface area (TPSA) is 75.4 Å². The summed E-state index contributed by atoms with van der Waals surface area (Å²) in [5, 5.41) is 22.7. The second-order valence-electron chi connectivity index (χ2n) is 3.82. The summed E-state index contributed by atoms with van der Waals surface area (Å²) in [6.45, 7) is 4.19. The molecule has 1 unspecified atom stereocenters. The second kappa shape index (κ2) is 5.46. The molecule has 5 nitrogen and oxygen atoms in total. The van der Waals surface area contributed by atoms with Crippen molar-refractivity contribution in [3.8, 4) is 0 Å². The zero-order valence-electron chi connectivity index (χ0n) is 9.43. The summed E-state index contributed by atoms with van der Waals surface area (Å²) in [6.07, 6.45) is 0.307. The Hall–Kier alpha value is -1.62. The monoisotopic (exact) mass is 224 g/mol. The number of aliphatic hydroxyl groups is 1. The fourth-order valence-corrected chi connectivity index (χ4v) is 1.38. The minimum Gasteiger partial charge on any atom is -0.393 e. The Labute approximate surface area is 94.3 Å². The van der Waals surface area contributed by atoms with Crippen LogP contribution in [0, 0.1) is 17.0 Å². The number of hydrogen-bond acceptors (Lipinski definition) is 4. The van der Waals surface area contributed by atoms with Crippen LogP contribution in [-0.4, -0.2) is 22.7 Å². The van der Waals surface area contributed by atoms with Crippen LogP contribution in [0.4, 0.5) is 11.4 Å². The van der Waals surface area contributed by atoms with Crippen LogP contribution in [0.1, 0.15) is 18.9 Å². The van der Waals surface area contributed by atoms with E-state index in [2.05, 4.69) is 5.32 Å². The summed E-state index contributed by atoms with van der Waals surface area (Å²) in [6, 6.07) is 4.69. The van der Waals surface area contributed by atoms with Gasteiger partial charge in [0.25, 0.3) is 5.69 Å². The van der Waals surface area contributed by atoms with Crippen molar-refractivity contribution in [2.75, 3.05) is 11.9 Å². The lowest BCUT2D eigenvalue weighted by atomic mass is 10.1. The van der Waals surface area contributed by atoms with E-state index in [1.54, 1.807) is 13.0 Å². The van der Waals surface area contributed by atoms with Crippen molar-refractivity contribution in [1.82, 2.24) is 0 Å². The Kier molecular flexibility index (Phi) is 4.25. The van der Waals surface area contributed by atoms with Crippen molar-refractivity contribution in [2.24, 2.45) is 0 Å². The van der Waals surface area contributed by atoms with E-state index in [4.69, 9.17) is 5.11 Å². The second-order valence-corrected chi connectivity index (χ2v) is 3.82. The van der Waals surface area contributed by atoms with Gasteiger partial charge in [0.2, 0.25) is 0 Å². The highest BCUT2D eigenvalue weighted by atomic mass is 16.6. The lowest BCUT2D eigenvalue weighted by Crippen LogP contribution is -2.10. The molecule has 5 heteroatoms. The normalized spacial score (nSPS) is 12.2. The number of benzene rings is 1. The number of nitro groups is 1. The molecule has 0 aliphatic heterocycles. The van der Waals surface area contributed by atoms with Crippen molar-refractivity contribution in [2.45, 2.75) is 26.4 Å². The van der Waals surface area contributed by atoms with E-state index in [0.29, 0.717) is 13.0 Å². The van der Waals surface area contributed by atoms with Crippen molar-refractivity contribution >= 4 is 11.4 Å². The van der Waals surface area contributed by atoms with Crippen LogP contribution >= 0.6 is 0 Å². The first-order valence-electron chi connectivity index (χ1n) is 5.17. The third-order valence-corrected chi connectivity index (χ3v) is 2.30. The molecule has 0 radical (unpaired) electrons. The van der Waals surface area contributed by atoms with Gasteiger partial charge in [0.05, 0.1) is 11.0 Å². The third kappa shape index (κ3) is 3.51. The van der Waals surface area contributed by atoms with E-state index < -0.39 is 4.92 Å². The molecule has 1 aromatic rings. The molecule has 1 rings (SSSR count). The molecule has 0 fully saturated rings. The van der Waals surface area contributed by atoms with Crippen LogP contribution in [0.2, 0.25) is 0 Å². The maximum Gasteiger partial charge on any atom is 0.269 e. The number of aryl methyl sites for hydroxylation is 1. The molecule has 88 valence electrons. The molecule has 16 heavy (non-hydrogen) atoms. The first-order valence-corrected chi connectivity index (χ1v) is 5.17. The maximum absolute atomic E-state index is 10.5. The average molecular weight is 224 g/mol. The van der Waals surface area contributed by atoms with E-state index in [1.807, 2.05) is 6.92 Å². The van der Waals surface area contributed by atoms with Gasteiger partial charge in [-0.2, -0.15) is 0 Å². The molecular formula is C11H16N2O3. The fraction of sp³-hybridized carbons (Fsp3) is 0.455. The Balaban J connectivity index is 2.64. The maximum atomic E-state index is 10.5. The number of nitrogens with zero attached hydrogens (tertiary/aromatic N) is 1. The predicted octanol–water partition coefficient (Wildman–Crippen LogP) is 2.09. The molecule has 0 bridgehead atoms. The summed E-state index contributed by atoms with van der Waals surface area (Å²) < 4.78 is 0. The quantitative estimate of drug-likeness (QED) is 0.593.